The van der Waals surface area contributed by atoms with E-state index in [9.17, 15) is 0 Å². The lowest BCUT2D eigenvalue weighted by molar-refractivity contribution is 1.08. The normalized spacial score (nSPS) is 13.0. The zero-order valence-corrected chi connectivity index (χ0v) is 22.1. The summed E-state index contributed by atoms with van der Waals surface area (Å²) < 4.78 is 0. The lowest BCUT2D eigenvalue weighted by Crippen LogP contribution is -2.16. The second-order valence-electron chi connectivity index (χ2n) is 9.87. The average molecular weight is 483 g/mol. The van der Waals surface area contributed by atoms with E-state index in [1.807, 2.05) is 0 Å². The van der Waals surface area contributed by atoms with Gasteiger partial charge < -0.3 is 9.80 Å². The van der Waals surface area contributed by atoms with Crippen LogP contribution < -0.4 is 9.80 Å². The number of hydrogen-bond acceptors (Lipinski definition) is 2. The van der Waals surface area contributed by atoms with Gasteiger partial charge >= 0.3 is 0 Å². The fourth-order valence-electron chi connectivity index (χ4n) is 4.62. The van der Waals surface area contributed by atoms with Gasteiger partial charge in [0.05, 0.1) is 0 Å². The third kappa shape index (κ3) is 5.59. The van der Waals surface area contributed by atoms with Gasteiger partial charge in [-0.2, -0.15) is 0 Å². The Bertz CT molecular complexity index is 1350. The molecule has 2 heteroatoms. The molecule has 0 amide bonds. The molecule has 0 atom stereocenters. The minimum Gasteiger partial charge on any atom is -0.314 e. The Morgan fingerprint density at radius 3 is 1.16 bits per heavy atom. The molecular formula is C35H34N2. The fourth-order valence-corrected chi connectivity index (χ4v) is 4.62. The molecule has 0 saturated carbocycles. The third-order valence-electron chi connectivity index (χ3n) is 6.78. The molecule has 37 heavy (non-hydrogen) atoms. The van der Waals surface area contributed by atoms with Crippen LogP contribution in [0, 0.1) is 27.7 Å². The summed E-state index contributed by atoms with van der Waals surface area (Å²) >= 11 is 0. The Kier molecular flexibility index (Phi) is 7.09. The minimum absolute atomic E-state index is 0.831. The lowest BCUT2D eigenvalue weighted by atomic mass is 10.1. The molecule has 0 unspecified atom stereocenters. The molecule has 0 aliphatic heterocycles. The summed E-state index contributed by atoms with van der Waals surface area (Å²) in [6.45, 7) is 8.52. The van der Waals surface area contributed by atoms with Crippen molar-refractivity contribution < 1.29 is 0 Å². The molecule has 0 aromatic heterocycles. The summed E-state index contributed by atoms with van der Waals surface area (Å²) in [5, 5.41) is 0. The van der Waals surface area contributed by atoms with Crippen LogP contribution in [-0.4, -0.2) is 0 Å². The van der Waals surface area contributed by atoms with Crippen LogP contribution in [-0.2, 0) is 0 Å². The van der Waals surface area contributed by atoms with Gasteiger partial charge in [-0.15, -0.1) is 0 Å². The second kappa shape index (κ2) is 10.8. The Morgan fingerprint density at radius 2 is 0.784 bits per heavy atom. The van der Waals surface area contributed by atoms with Gasteiger partial charge in [0, 0.05) is 40.6 Å². The summed E-state index contributed by atoms with van der Waals surface area (Å²) in [6.07, 6.45) is 9.86. The number of rotatable bonds is 6. The first kappa shape index (κ1) is 24.4. The summed E-state index contributed by atoms with van der Waals surface area (Å²) in [4.78, 5) is 4.70. The Morgan fingerprint density at radius 1 is 0.432 bits per heavy atom. The van der Waals surface area contributed by atoms with E-state index >= 15 is 0 Å². The highest BCUT2D eigenvalue weighted by Gasteiger charge is 2.18. The summed E-state index contributed by atoms with van der Waals surface area (Å²) in [5.74, 6) is 0. The van der Waals surface area contributed by atoms with Gasteiger partial charge in [-0.1, -0.05) is 76.9 Å². The molecular weight excluding hydrogens is 448 g/mol. The molecule has 184 valence electrons. The number of aryl methyl sites for hydroxylation is 4. The van der Waals surface area contributed by atoms with Crippen LogP contribution in [0.5, 0.6) is 0 Å². The van der Waals surface area contributed by atoms with Gasteiger partial charge in [-0.05, 0) is 94.5 Å². The van der Waals surface area contributed by atoms with Gasteiger partial charge in [0.25, 0.3) is 0 Å². The standard InChI is InChI=1S/C35H34N2/c1-26-8-16-32(17-9-26)36(33-18-10-27(2)11-19-33)30-6-5-7-31(25-24-30)37(34-20-12-28(3)13-21-34)35-22-14-29(4)15-23-35/h5-6,8-25H,7H2,1-4H3. The number of benzene rings is 4. The van der Waals surface area contributed by atoms with Gasteiger partial charge in [-0.3, -0.25) is 0 Å². The van der Waals surface area contributed by atoms with Crippen LogP contribution in [0.15, 0.2) is 133 Å². The van der Waals surface area contributed by atoms with E-state index in [1.165, 1.54) is 39.3 Å². The number of anilines is 4. The van der Waals surface area contributed by atoms with Crippen molar-refractivity contribution in [2.24, 2.45) is 0 Å². The molecule has 0 bridgehead atoms. The monoisotopic (exact) mass is 482 g/mol. The SMILES string of the molecule is Cc1ccc(N(C2=CC=C(N(c3ccc(C)cc3)c3ccc(C)cc3)CC=C2)c2ccc(C)cc2)cc1. The highest BCUT2D eigenvalue weighted by Crippen LogP contribution is 2.35. The molecule has 0 saturated heterocycles. The average Bonchev–Trinajstić information content (AvgIpc) is 3.15. The predicted octanol–water partition coefficient (Wildman–Crippen LogP) is 9.62. The molecule has 0 fully saturated rings. The Hall–Kier alpha value is -4.30. The van der Waals surface area contributed by atoms with Crippen LogP contribution in [0.2, 0.25) is 0 Å². The van der Waals surface area contributed by atoms with Crippen molar-refractivity contribution in [1.29, 1.82) is 0 Å². The van der Waals surface area contributed by atoms with Crippen LogP contribution in [0.4, 0.5) is 22.7 Å². The maximum atomic E-state index is 2.37. The van der Waals surface area contributed by atoms with Crippen LogP contribution >= 0.6 is 0 Å². The fraction of sp³-hybridized carbons (Fsp3) is 0.143. The zero-order valence-electron chi connectivity index (χ0n) is 22.1. The van der Waals surface area contributed by atoms with Crippen LogP contribution in [0.3, 0.4) is 0 Å². The first-order valence-corrected chi connectivity index (χ1v) is 12.9. The molecule has 4 aromatic rings. The highest BCUT2D eigenvalue weighted by atomic mass is 15.2. The molecule has 5 rings (SSSR count). The van der Waals surface area contributed by atoms with E-state index < -0.39 is 0 Å². The number of allylic oxidation sites excluding steroid dienone is 4. The topological polar surface area (TPSA) is 6.48 Å². The third-order valence-corrected chi connectivity index (χ3v) is 6.78. The van der Waals surface area contributed by atoms with Gasteiger partial charge in [-0.25, -0.2) is 0 Å². The van der Waals surface area contributed by atoms with E-state index in [2.05, 4.69) is 159 Å². The molecule has 4 aromatic carbocycles. The van der Waals surface area contributed by atoms with Gasteiger partial charge in [0.1, 0.15) is 0 Å². The van der Waals surface area contributed by atoms with Crippen molar-refractivity contribution in [3.63, 3.8) is 0 Å². The molecule has 0 N–H and O–H groups in total. The van der Waals surface area contributed by atoms with E-state index in [1.54, 1.807) is 0 Å². The van der Waals surface area contributed by atoms with E-state index in [-0.39, 0.29) is 0 Å². The zero-order chi connectivity index (χ0) is 25.8. The van der Waals surface area contributed by atoms with Crippen LogP contribution in [0.1, 0.15) is 28.7 Å². The molecule has 0 spiro atoms. The second-order valence-corrected chi connectivity index (χ2v) is 9.87. The summed E-state index contributed by atoms with van der Waals surface area (Å²) in [5.41, 5.74) is 12.0. The van der Waals surface area contributed by atoms with Crippen molar-refractivity contribution in [3.8, 4) is 0 Å². The maximum absolute atomic E-state index is 2.37. The molecule has 2 nitrogen and oxygen atoms in total. The maximum Gasteiger partial charge on any atom is 0.0461 e. The van der Waals surface area contributed by atoms with E-state index in [0.29, 0.717) is 0 Å². The van der Waals surface area contributed by atoms with Crippen molar-refractivity contribution in [2.75, 3.05) is 9.80 Å². The van der Waals surface area contributed by atoms with E-state index in [0.717, 1.165) is 23.5 Å². The van der Waals surface area contributed by atoms with Crippen molar-refractivity contribution in [2.45, 2.75) is 34.1 Å². The first-order chi connectivity index (χ1) is 18.0. The number of nitrogens with zero attached hydrogens (tertiary/aromatic N) is 2. The van der Waals surface area contributed by atoms with Crippen molar-refractivity contribution in [3.05, 3.63) is 155 Å². The van der Waals surface area contributed by atoms with E-state index in [4.69, 9.17) is 0 Å². The Balaban J connectivity index is 1.59. The molecule has 1 aliphatic rings. The first-order valence-electron chi connectivity index (χ1n) is 12.9. The molecule has 0 radical (unpaired) electrons. The van der Waals surface area contributed by atoms with Crippen molar-refractivity contribution >= 4 is 22.7 Å². The van der Waals surface area contributed by atoms with Gasteiger partial charge in [0.15, 0.2) is 0 Å². The number of hydrogen-bond donors (Lipinski definition) is 0. The lowest BCUT2D eigenvalue weighted by Gasteiger charge is -2.27. The highest BCUT2D eigenvalue weighted by molar-refractivity contribution is 5.73. The molecule has 0 heterocycles. The Labute approximate surface area is 221 Å². The largest absolute Gasteiger partial charge is 0.314 e. The summed E-state index contributed by atoms with van der Waals surface area (Å²) in [6, 6.07) is 35.1. The quantitative estimate of drug-likeness (QED) is 0.270. The van der Waals surface area contributed by atoms with Crippen molar-refractivity contribution in [1.82, 2.24) is 0 Å². The van der Waals surface area contributed by atoms with Gasteiger partial charge in [0.2, 0.25) is 0 Å². The molecule has 1 aliphatic carbocycles. The van der Waals surface area contributed by atoms with Crippen LogP contribution in [0.25, 0.3) is 0 Å². The minimum atomic E-state index is 0.831. The smallest absolute Gasteiger partial charge is 0.0461 e. The summed E-state index contributed by atoms with van der Waals surface area (Å²) in [7, 11) is 0. The predicted molar refractivity (Wildman–Crippen MR) is 159 cm³/mol.